The van der Waals surface area contributed by atoms with Crippen LogP contribution in [0.25, 0.3) is 0 Å². The Morgan fingerprint density at radius 3 is 2.30 bits per heavy atom. The van der Waals surface area contributed by atoms with Crippen LogP contribution in [0.15, 0.2) is 29.3 Å². The molecular weight excluding hydrogens is 491 g/mol. The number of benzene rings is 1. The zero-order valence-electron chi connectivity index (χ0n) is 18.4. The van der Waals surface area contributed by atoms with Gasteiger partial charge in [-0.05, 0) is 56.8 Å². The molecule has 1 aromatic carbocycles. The van der Waals surface area contributed by atoms with Crippen LogP contribution in [0.4, 0.5) is 0 Å². The van der Waals surface area contributed by atoms with Gasteiger partial charge in [0.05, 0.1) is 12.5 Å². The number of carbonyl (C=O) groups excluding carboxylic acids is 1. The number of piperidine rings is 2. The smallest absolute Gasteiger partial charge is 0.309 e. The Bertz CT molecular complexity index is 666. The van der Waals surface area contributed by atoms with Gasteiger partial charge in [-0.1, -0.05) is 30.7 Å². The van der Waals surface area contributed by atoms with Gasteiger partial charge < -0.3 is 15.0 Å². The topological polar surface area (TPSA) is 57.2 Å². The molecule has 0 aromatic heterocycles. The van der Waals surface area contributed by atoms with Crippen molar-refractivity contribution in [1.29, 1.82) is 0 Å². The van der Waals surface area contributed by atoms with Crippen molar-refractivity contribution < 1.29 is 9.53 Å². The van der Waals surface area contributed by atoms with Crippen molar-refractivity contribution in [2.24, 2.45) is 10.9 Å². The summed E-state index contributed by atoms with van der Waals surface area (Å²) < 4.78 is 5.16. The maximum Gasteiger partial charge on any atom is 0.309 e. The van der Waals surface area contributed by atoms with E-state index < -0.39 is 0 Å². The van der Waals surface area contributed by atoms with Crippen LogP contribution in [-0.4, -0.2) is 61.6 Å². The second kappa shape index (κ2) is 13.1. The molecule has 0 aliphatic carbocycles. The molecule has 0 spiro atoms. The fraction of sp³-hybridized carbons (Fsp3) is 0.652. The molecule has 2 heterocycles. The molecule has 7 heteroatoms. The van der Waals surface area contributed by atoms with E-state index in [-0.39, 0.29) is 35.9 Å². The Morgan fingerprint density at radius 1 is 1.07 bits per heavy atom. The zero-order valence-corrected chi connectivity index (χ0v) is 20.8. The third-order valence-corrected chi connectivity index (χ3v) is 5.95. The first kappa shape index (κ1) is 24.9. The van der Waals surface area contributed by atoms with E-state index in [4.69, 9.17) is 4.74 Å². The Balaban J connectivity index is 0.00000320. The highest BCUT2D eigenvalue weighted by Crippen LogP contribution is 2.19. The molecule has 0 radical (unpaired) electrons. The lowest BCUT2D eigenvalue weighted by molar-refractivity contribution is -0.149. The van der Waals surface area contributed by atoms with E-state index in [1.807, 2.05) is 14.0 Å². The SMILES string of the molecule is CCOC(=O)C1CCN(C(=NC)NCc2ccc(CN3CCCCC3)cc2)CC1.I. The van der Waals surface area contributed by atoms with E-state index >= 15 is 0 Å². The molecule has 2 fully saturated rings. The summed E-state index contributed by atoms with van der Waals surface area (Å²) in [6.45, 7) is 8.26. The lowest BCUT2D eigenvalue weighted by atomic mass is 9.97. The van der Waals surface area contributed by atoms with Crippen molar-refractivity contribution in [2.75, 3.05) is 39.8 Å². The molecule has 2 aliphatic rings. The molecular formula is C23H37IN4O2. The molecule has 2 saturated heterocycles. The molecule has 30 heavy (non-hydrogen) atoms. The summed E-state index contributed by atoms with van der Waals surface area (Å²) in [7, 11) is 1.82. The second-order valence-corrected chi connectivity index (χ2v) is 8.07. The quantitative estimate of drug-likeness (QED) is 0.265. The van der Waals surface area contributed by atoms with Crippen molar-refractivity contribution in [3.63, 3.8) is 0 Å². The summed E-state index contributed by atoms with van der Waals surface area (Å²) in [4.78, 5) is 21.1. The van der Waals surface area contributed by atoms with Gasteiger partial charge in [-0.15, -0.1) is 24.0 Å². The number of esters is 1. The van der Waals surface area contributed by atoms with Gasteiger partial charge in [0.15, 0.2) is 5.96 Å². The maximum absolute atomic E-state index is 11.9. The van der Waals surface area contributed by atoms with Gasteiger partial charge >= 0.3 is 5.97 Å². The van der Waals surface area contributed by atoms with Gasteiger partial charge in [0.1, 0.15) is 0 Å². The van der Waals surface area contributed by atoms with Crippen LogP contribution in [0.2, 0.25) is 0 Å². The molecule has 0 amide bonds. The first-order chi connectivity index (χ1) is 14.2. The Morgan fingerprint density at radius 2 is 1.70 bits per heavy atom. The highest BCUT2D eigenvalue weighted by Gasteiger charge is 2.27. The minimum Gasteiger partial charge on any atom is -0.466 e. The van der Waals surface area contributed by atoms with Crippen molar-refractivity contribution in [1.82, 2.24) is 15.1 Å². The van der Waals surface area contributed by atoms with Crippen LogP contribution in [-0.2, 0) is 22.6 Å². The minimum atomic E-state index is -0.0558. The fourth-order valence-electron chi connectivity index (χ4n) is 4.24. The van der Waals surface area contributed by atoms with Crippen molar-refractivity contribution in [3.8, 4) is 0 Å². The van der Waals surface area contributed by atoms with Crippen molar-refractivity contribution in [2.45, 2.75) is 52.1 Å². The van der Waals surface area contributed by atoms with Gasteiger partial charge in [-0.3, -0.25) is 14.7 Å². The van der Waals surface area contributed by atoms with Gasteiger partial charge in [0.25, 0.3) is 0 Å². The van der Waals surface area contributed by atoms with Crippen LogP contribution in [0.1, 0.15) is 50.2 Å². The summed E-state index contributed by atoms with van der Waals surface area (Å²) >= 11 is 0. The van der Waals surface area contributed by atoms with E-state index in [0.29, 0.717) is 6.61 Å². The van der Waals surface area contributed by atoms with Gasteiger partial charge in [-0.2, -0.15) is 0 Å². The Hall–Kier alpha value is -1.35. The maximum atomic E-state index is 11.9. The number of rotatable bonds is 6. The molecule has 6 nitrogen and oxygen atoms in total. The molecule has 1 aromatic rings. The molecule has 0 bridgehead atoms. The van der Waals surface area contributed by atoms with Gasteiger partial charge in [-0.25, -0.2) is 0 Å². The normalized spacial score (nSPS) is 18.6. The first-order valence-electron chi connectivity index (χ1n) is 11.1. The van der Waals surface area contributed by atoms with Crippen LogP contribution in [0, 0.1) is 5.92 Å². The number of carbonyl (C=O) groups is 1. The number of nitrogens with one attached hydrogen (secondary N) is 1. The number of likely N-dealkylation sites (tertiary alicyclic amines) is 2. The highest BCUT2D eigenvalue weighted by molar-refractivity contribution is 14.0. The number of aliphatic imine (C=N–C) groups is 1. The fourth-order valence-corrected chi connectivity index (χ4v) is 4.24. The number of ether oxygens (including phenoxy) is 1. The summed E-state index contributed by atoms with van der Waals surface area (Å²) in [5.74, 6) is 0.876. The van der Waals surface area contributed by atoms with Crippen LogP contribution >= 0.6 is 24.0 Å². The van der Waals surface area contributed by atoms with Crippen LogP contribution in [0.5, 0.6) is 0 Å². The number of nitrogens with zero attached hydrogens (tertiary/aromatic N) is 3. The first-order valence-corrected chi connectivity index (χ1v) is 11.1. The van der Waals surface area contributed by atoms with E-state index in [9.17, 15) is 4.79 Å². The molecule has 0 saturated carbocycles. The molecule has 3 rings (SSSR count). The molecule has 1 N–H and O–H groups in total. The largest absolute Gasteiger partial charge is 0.466 e. The summed E-state index contributed by atoms with van der Waals surface area (Å²) in [6, 6.07) is 8.93. The number of hydrogen-bond donors (Lipinski definition) is 1. The summed E-state index contributed by atoms with van der Waals surface area (Å²) in [6.07, 6.45) is 5.69. The predicted octanol–water partition coefficient (Wildman–Crippen LogP) is 3.64. The number of halogens is 1. The average Bonchev–Trinajstić information content (AvgIpc) is 2.76. The molecule has 2 aliphatic heterocycles. The van der Waals surface area contributed by atoms with E-state index in [1.165, 1.54) is 43.5 Å². The van der Waals surface area contributed by atoms with Gasteiger partial charge in [0.2, 0.25) is 0 Å². The van der Waals surface area contributed by atoms with E-state index in [2.05, 4.69) is 44.4 Å². The minimum absolute atomic E-state index is 0. The second-order valence-electron chi connectivity index (χ2n) is 8.07. The molecule has 0 atom stereocenters. The number of guanidine groups is 1. The molecule has 168 valence electrons. The van der Waals surface area contributed by atoms with Gasteiger partial charge in [0, 0.05) is 33.2 Å². The highest BCUT2D eigenvalue weighted by atomic mass is 127. The number of hydrogen-bond acceptors (Lipinski definition) is 4. The Kier molecular flexibility index (Phi) is 10.9. The van der Waals surface area contributed by atoms with Crippen molar-refractivity contribution in [3.05, 3.63) is 35.4 Å². The standard InChI is InChI=1S/C23H36N4O2.HI/c1-3-29-22(28)21-11-15-27(16-12-21)23(24-2)25-17-19-7-9-20(10-8-19)18-26-13-5-4-6-14-26;/h7-10,21H,3-6,11-18H2,1-2H3,(H,24,25);1H. The third-order valence-electron chi connectivity index (χ3n) is 5.95. The van der Waals surface area contributed by atoms with Crippen LogP contribution in [0.3, 0.4) is 0 Å². The predicted molar refractivity (Wildman–Crippen MR) is 132 cm³/mol. The monoisotopic (exact) mass is 528 g/mol. The lowest BCUT2D eigenvalue weighted by Gasteiger charge is -2.33. The lowest BCUT2D eigenvalue weighted by Crippen LogP contribution is -2.46. The third kappa shape index (κ3) is 7.41. The van der Waals surface area contributed by atoms with Crippen LogP contribution < -0.4 is 5.32 Å². The van der Waals surface area contributed by atoms with E-state index in [0.717, 1.165) is 45.0 Å². The van der Waals surface area contributed by atoms with E-state index in [1.54, 1.807) is 0 Å². The summed E-state index contributed by atoms with van der Waals surface area (Å²) in [5, 5.41) is 3.47. The average molecular weight is 528 g/mol. The van der Waals surface area contributed by atoms with Crippen molar-refractivity contribution >= 4 is 35.9 Å². The zero-order chi connectivity index (χ0) is 20.5. The summed E-state index contributed by atoms with van der Waals surface area (Å²) in [5.41, 5.74) is 2.65. The Labute approximate surface area is 198 Å². The molecule has 0 unspecified atom stereocenters.